The van der Waals surface area contributed by atoms with E-state index >= 15 is 0 Å². The molecule has 1 atom stereocenters. The maximum atomic E-state index is 5.87. The normalized spacial score (nSPS) is 23.2. The van der Waals surface area contributed by atoms with Gasteiger partial charge in [-0.2, -0.15) is 11.8 Å². The third-order valence-electron chi connectivity index (χ3n) is 3.29. The minimum atomic E-state index is 0.505. The van der Waals surface area contributed by atoms with E-state index in [2.05, 4.69) is 25.7 Å². The van der Waals surface area contributed by atoms with Crippen molar-refractivity contribution in [2.45, 2.75) is 39.7 Å². The van der Waals surface area contributed by atoms with E-state index in [1.165, 1.54) is 37.4 Å². The zero-order valence-corrected chi connectivity index (χ0v) is 11.3. The molecule has 2 nitrogen and oxygen atoms in total. The maximum Gasteiger partial charge on any atom is 0.0226 e. The van der Waals surface area contributed by atoms with Crippen molar-refractivity contribution in [2.75, 3.05) is 31.1 Å². The number of thioether (sulfide) groups is 1. The minimum absolute atomic E-state index is 0.505. The topological polar surface area (TPSA) is 29.3 Å². The van der Waals surface area contributed by atoms with Crippen LogP contribution in [0, 0.1) is 5.41 Å². The zero-order chi connectivity index (χ0) is 11.3. The molecule has 0 aliphatic carbocycles. The van der Waals surface area contributed by atoms with Crippen molar-refractivity contribution in [3.05, 3.63) is 0 Å². The Hall–Kier alpha value is 0.270. The van der Waals surface area contributed by atoms with E-state index in [0.29, 0.717) is 11.5 Å². The molecule has 0 aromatic rings. The summed E-state index contributed by atoms with van der Waals surface area (Å²) in [6.07, 6.45) is 2.58. The predicted molar refractivity (Wildman–Crippen MR) is 70.4 cm³/mol. The molecule has 1 fully saturated rings. The first kappa shape index (κ1) is 13.3. The molecule has 3 heteroatoms. The van der Waals surface area contributed by atoms with Gasteiger partial charge in [0.1, 0.15) is 0 Å². The lowest BCUT2D eigenvalue weighted by atomic mass is 9.93. The van der Waals surface area contributed by atoms with Crippen LogP contribution < -0.4 is 5.73 Å². The van der Waals surface area contributed by atoms with Gasteiger partial charge in [-0.15, -0.1) is 0 Å². The van der Waals surface area contributed by atoms with Crippen LogP contribution in [0.15, 0.2) is 0 Å². The molecule has 1 rings (SSSR count). The Morgan fingerprint density at radius 3 is 2.67 bits per heavy atom. The standard InChI is InChI=1S/C12H26N2S/c1-4-15-8-5-11(9-13)14-7-6-12(2,3)10-14/h11H,4-10,13H2,1-3H3. The Balaban J connectivity index is 2.32. The van der Waals surface area contributed by atoms with Crippen LogP contribution in [0.3, 0.4) is 0 Å². The first-order valence-electron chi connectivity index (χ1n) is 6.11. The molecule has 0 bridgehead atoms. The number of hydrogen-bond acceptors (Lipinski definition) is 3. The molecule has 1 saturated heterocycles. The SMILES string of the molecule is CCSCCC(CN)N1CCC(C)(C)C1. The molecule has 0 saturated carbocycles. The summed E-state index contributed by atoms with van der Waals surface area (Å²) >= 11 is 2.03. The fourth-order valence-electron chi connectivity index (χ4n) is 2.28. The van der Waals surface area contributed by atoms with Gasteiger partial charge in [-0.1, -0.05) is 20.8 Å². The van der Waals surface area contributed by atoms with Crippen molar-refractivity contribution < 1.29 is 0 Å². The molecule has 1 heterocycles. The van der Waals surface area contributed by atoms with E-state index in [9.17, 15) is 0 Å². The lowest BCUT2D eigenvalue weighted by Gasteiger charge is -2.28. The molecule has 0 aromatic heterocycles. The van der Waals surface area contributed by atoms with Gasteiger partial charge in [0, 0.05) is 19.1 Å². The highest BCUT2D eigenvalue weighted by Gasteiger charge is 2.32. The molecule has 1 aliphatic heterocycles. The van der Waals surface area contributed by atoms with Gasteiger partial charge in [-0.05, 0) is 36.3 Å². The molecular formula is C12H26N2S. The van der Waals surface area contributed by atoms with Crippen molar-refractivity contribution in [2.24, 2.45) is 11.1 Å². The summed E-state index contributed by atoms with van der Waals surface area (Å²) in [4.78, 5) is 2.59. The van der Waals surface area contributed by atoms with Crippen molar-refractivity contribution in [3.8, 4) is 0 Å². The predicted octanol–water partition coefficient (Wildman–Crippen LogP) is 2.19. The van der Waals surface area contributed by atoms with Gasteiger partial charge in [0.05, 0.1) is 0 Å². The molecule has 1 aliphatic rings. The Kier molecular flexibility index (Phi) is 5.44. The summed E-state index contributed by atoms with van der Waals surface area (Å²) in [6.45, 7) is 10.2. The van der Waals surface area contributed by atoms with Gasteiger partial charge >= 0.3 is 0 Å². The van der Waals surface area contributed by atoms with Crippen LogP contribution in [-0.2, 0) is 0 Å². The van der Waals surface area contributed by atoms with Crippen molar-refractivity contribution in [1.29, 1.82) is 0 Å². The van der Waals surface area contributed by atoms with Gasteiger partial charge in [-0.25, -0.2) is 0 Å². The Morgan fingerprint density at radius 1 is 1.47 bits per heavy atom. The molecule has 0 amide bonds. The first-order chi connectivity index (χ1) is 7.09. The smallest absolute Gasteiger partial charge is 0.0226 e. The lowest BCUT2D eigenvalue weighted by molar-refractivity contribution is 0.217. The van der Waals surface area contributed by atoms with Crippen molar-refractivity contribution >= 4 is 11.8 Å². The van der Waals surface area contributed by atoms with Gasteiger partial charge in [0.25, 0.3) is 0 Å². The van der Waals surface area contributed by atoms with Crippen LogP contribution in [0.4, 0.5) is 0 Å². The van der Waals surface area contributed by atoms with Crippen LogP contribution in [-0.4, -0.2) is 42.1 Å². The average molecular weight is 230 g/mol. The van der Waals surface area contributed by atoms with Gasteiger partial charge in [0.15, 0.2) is 0 Å². The summed E-state index contributed by atoms with van der Waals surface area (Å²) in [7, 11) is 0. The fourth-order valence-corrected chi connectivity index (χ4v) is 3.01. The number of nitrogens with two attached hydrogens (primary N) is 1. The van der Waals surface area contributed by atoms with E-state index in [4.69, 9.17) is 5.73 Å². The highest BCUT2D eigenvalue weighted by molar-refractivity contribution is 7.99. The second kappa shape index (κ2) is 6.12. The number of likely N-dealkylation sites (tertiary alicyclic amines) is 1. The summed E-state index contributed by atoms with van der Waals surface area (Å²) in [6, 6.07) is 0.617. The second-order valence-electron chi connectivity index (χ2n) is 5.26. The molecule has 0 spiro atoms. The molecule has 15 heavy (non-hydrogen) atoms. The van der Waals surface area contributed by atoms with E-state index in [-0.39, 0.29) is 0 Å². The monoisotopic (exact) mass is 230 g/mol. The van der Waals surface area contributed by atoms with E-state index in [1.807, 2.05) is 11.8 Å². The summed E-state index contributed by atoms with van der Waals surface area (Å²) < 4.78 is 0. The van der Waals surface area contributed by atoms with E-state index in [1.54, 1.807) is 0 Å². The third-order valence-corrected chi connectivity index (χ3v) is 4.23. The van der Waals surface area contributed by atoms with Gasteiger partial charge < -0.3 is 5.73 Å². The maximum absolute atomic E-state index is 5.87. The summed E-state index contributed by atoms with van der Waals surface area (Å²) in [5.74, 6) is 2.48. The number of hydrogen-bond donors (Lipinski definition) is 1. The molecule has 0 radical (unpaired) electrons. The summed E-state index contributed by atoms with van der Waals surface area (Å²) in [5, 5.41) is 0. The molecule has 0 aromatic carbocycles. The lowest BCUT2D eigenvalue weighted by Crippen LogP contribution is -2.40. The highest BCUT2D eigenvalue weighted by atomic mass is 32.2. The van der Waals surface area contributed by atoms with Crippen LogP contribution in [0.2, 0.25) is 0 Å². The molecule has 90 valence electrons. The van der Waals surface area contributed by atoms with Crippen LogP contribution in [0.1, 0.15) is 33.6 Å². The molecule has 2 N–H and O–H groups in total. The van der Waals surface area contributed by atoms with Crippen molar-refractivity contribution in [3.63, 3.8) is 0 Å². The quantitative estimate of drug-likeness (QED) is 0.709. The highest BCUT2D eigenvalue weighted by Crippen LogP contribution is 2.30. The largest absolute Gasteiger partial charge is 0.329 e. The van der Waals surface area contributed by atoms with Gasteiger partial charge in [0.2, 0.25) is 0 Å². The van der Waals surface area contributed by atoms with E-state index in [0.717, 1.165) is 6.54 Å². The Morgan fingerprint density at radius 2 is 2.20 bits per heavy atom. The molecular weight excluding hydrogens is 204 g/mol. The summed E-state index contributed by atoms with van der Waals surface area (Å²) in [5.41, 5.74) is 6.38. The van der Waals surface area contributed by atoms with Crippen LogP contribution >= 0.6 is 11.8 Å². The third kappa shape index (κ3) is 4.33. The van der Waals surface area contributed by atoms with Crippen molar-refractivity contribution in [1.82, 2.24) is 4.90 Å². The van der Waals surface area contributed by atoms with Crippen LogP contribution in [0.25, 0.3) is 0 Å². The molecule has 1 unspecified atom stereocenters. The minimum Gasteiger partial charge on any atom is -0.329 e. The number of nitrogens with zero attached hydrogens (tertiary/aromatic N) is 1. The van der Waals surface area contributed by atoms with E-state index < -0.39 is 0 Å². The zero-order valence-electron chi connectivity index (χ0n) is 10.5. The fraction of sp³-hybridized carbons (Fsp3) is 1.00. The first-order valence-corrected chi connectivity index (χ1v) is 7.26. The van der Waals surface area contributed by atoms with Gasteiger partial charge in [-0.3, -0.25) is 4.90 Å². The Labute approximate surface area is 99.0 Å². The van der Waals surface area contributed by atoms with Crippen LogP contribution in [0.5, 0.6) is 0 Å². The second-order valence-corrected chi connectivity index (χ2v) is 6.65. The number of rotatable bonds is 6. The average Bonchev–Trinajstić information content (AvgIpc) is 2.54. The Bertz CT molecular complexity index is 182.